The number of hydrogen-bond acceptors (Lipinski definition) is 5. The van der Waals surface area contributed by atoms with E-state index in [0.717, 1.165) is 12.0 Å². The molecule has 1 amide bonds. The van der Waals surface area contributed by atoms with E-state index in [1.165, 1.54) is 6.20 Å². The van der Waals surface area contributed by atoms with Gasteiger partial charge < -0.3 is 15.8 Å². The smallest absolute Gasteiger partial charge is 0.256 e. The van der Waals surface area contributed by atoms with Crippen molar-refractivity contribution in [3.05, 3.63) is 42.1 Å². The fraction of sp³-hybridized carbons (Fsp3) is 0.267. The number of nitrogens with one attached hydrogen (secondary N) is 1. The minimum absolute atomic E-state index is 0.174. The van der Waals surface area contributed by atoms with Gasteiger partial charge in [-0.2, -0.15) is 0 Å². The molecule has 0 unspecified atom stereocenters. The van der Waals surface area contributed by atoms with Crippen LogP contribution in [-0.2, 0) is 4.74 Å². The molecule has 0 aliphatic carbocycles. The molecule has 2 rings (SSSR count). The molecule has 6 nitrogen and oxygen atoms in total. The van der Waals surface area contributed by atoms with Crippen molar-refractivity contribution in [2.24, 2.45) is 0 Å². The first-order valence-corrected chi connectivity index (χ1v) is 6.67. The molecule has 1 aromatic heterocycles. The number of ether oxygens (including phenoxy) is 1. The van der Waals surface area contributed by atoms with Crippen LogP contribution in [0.5, 0.6) is 0 Å². The molecule has 110 valence electrons. The lowest BCUT2D eigenvalue weighted by molar-refractivity contribution is 0.0949. The summed E-state index contributed by atoms with van der Waals surface area (Å²) in [5.41, 5.74) is 7.00. The van der Waals surface area contributed by atoms with Gasteiger partial charge in [0.05, 0.1) is 5.56 Å². The second kappa shape index (κ2) is 7.35. The highest BCUT2D eigenvalue weighted by Crippen LogP contribution is 2.17. The van der Waals surface area contributed by atoms with Crippen molar-refractivity contribution in [3.63, 3.8) is 0 Å². The van der Waals surface area contributed by atoms with Crippen LogP contribution in [-0.4, -0.2) is 36.1 Å². The maximum absolute atomic E-state index is 12.0. The van der Waals surface area contributed by atoms with Crippen LogP contribution in [0.2, 0.25) is 0 Å². The number of amides is 1. The van der Waals surface area contributed by atoms with Crippen LogP contribution in [0.1, 0.15) is 16.8 Å². The predicted molar refractivity (Wildman–Crippen MR) is 80.7 cm³/mol. The van der Waals surface area contributed by atoms with Crippen LogP contribution in [0.15, 0.2) is 36.5 Å². The summed E-state index contributed by atoms with van der Waals surface area (Å²) in [4.78, 5) is 20.4. The fourth-order valence-corrected chi connectivity index (χ4v) is 1.81. The summed E-state index contributed by atoms with van der Waals surface area (Å²) >= 11 is 0. The maximum Gasteiger partial charge on any atom is 0.256 e. The lowest BCUT2D eigenvalue weighted by Gasteiger charge is -2.08. The SMILES string of the molecule is COCCCNC(=O)c1cnc(-c2ccccc2)nc1N. The second-order valence-corrected chi connectivity index (χ2v) is 4.46. The van der Waals surface area contributed by atoms with Crippen molar-refractivity contribution in [3.8, 4) is 11.4 Å². The number of rotatable bonds is 6. The maximum atomic E-state index is 12.0. The molecule has 0 bridgehead atoms. The van der Waals surface area contributed by atoms with Crippen LogP contribution >= 0.6 is 0 Å². The van der Waals surface area contributed by atoms with Crippen molar-refractivity contribution in [1.82, 2.24) is 15.3 Å². The summed E-state index contributed by atoms with van der Waals surface area (Å²) in [6.07, 6.45) is 2.20. The molecule has 1 heterocycles. The van der Waals surface area contributed by atoms with Crippen LogP contribution < -0.4 is 11.1 Å². The Balaban J connectivity index is 2.07. The highest BCUT2D eigenvalue weighted by atomic mass is 16.5. The number of nitrogens with two attached hydrogens (primary N) is 1. The van der Waals surface area contributed by atoms with Crippen LogP contribution in [0.4, 0.5) is 5.82 Å². The number of methoxy groups -OCH3 is 1. The molecule has 0 spiro atoms. The standard InChI is InChI=1S/C15H18N4O2/c1-21-9-5-8-17-15(20)12-10-18-14(19-13(12)16)11-6-3-2-4-7-11/h2-4,6-7,10H,5,8-9H2,1H3,(H,17,20)(H2,16,18,19). The minimum atomic E-state index is -0.275. The number of nitrogens with zero attached hydrogens (tertiary/aromatic N) is 2. The van der Waals surface area contributed by atoms with Crippen molar-refractivity contribution in [2.45, 2.75) is 6.42 Å². The fourth-order valence-electron chi connectivity index (χ4n) is 1.81. The zero-order valence-corrected chi connectivity index (χ0v) is 11.9. The Hall–Kier alpha value is -2.47. The second-order valence-electron chi connectivity index (χ2n) is 4.46. The molecule has 3 N–H and O–H groups in total. The summed E-state index contributed by atoms with van der Waals surface area (Å²) in [6, 6.07) is 9.48. The Morgan fingerprint density at radius 1 is 1.33 bits per heavy atom. The van der Waals surface area contributed by atoms with Gasteiger partial charge in [0, 0.05) is 32.0 Å². The van der Waals surface area contributed by atoms with E-state index in [1.807, 2.05) is 30.3 Å². The lowest BCUT2D eigenvalue weighted by Crippen LogP contribution is -2.26. The summed E-state index contributed by atoms with van der Waals surface area (Å²) in [5.74, 6) is 0.403. The van der Waals surface area contributed by atoms with Crippen molar-refractivity contribution >= 4 is 11.7 Å². The average molecular weight is 286 g/mol. The molecule has 0 aliphatic heterocycles. The van der Waals surface area contributed by atoms with Gasteiger partial charge in [0.2, 0.25) is 0 Å². The number of carbonyl (C=O) groups is 1. The summed E-state index contributed by atoms with van der Waals surface area (Å²) in [6.45, 7) is 1.12. The average Bonchev–Trinajstić information content (AvgIpc) is 2.52. The highest BCUT2D eigenvalue weighted by molar-refractivity contribution is 5.98. The number of nitrogen functional groups attached to an aromatic ring is 1. The van der Waals surface area contributed by atoms with E-state index in [-0.39, 0.29) is 17.3 Å². The van der Waals surface area contributed by atoms with E-state index in [0.29, 0.717) is 19.0 Å². The molecule has 0 saturated heterocycles. The molecular weight excluding hydrogens is 268 g/mol. The van der Waals surface area contributed by atoms with Gasteiger partial charge in [-0.1, -0.05) is 30.3 Å². The highest BCUT2D eigenvalue weighted by Gasteiger charge is 2.12. The molecule has 21 heavy (non-hydrogen) atoms. The molecule has 1 aromatic carbocycles. The Morgan fingerprint density at radius 3 is 2.76 bits per heavy atom. The minimum Gasteiger partial charge on any atom is -0.385 e. The first kappa shape index (κ1) is 14.9. The number of aromatic nitrogens is 2. The first-order valence-electron chi connectivity index (χ1n) is 6.67. The first-order chi connectivity index (χ1) is 10.2. The summed E-state index contributed by atoms with van der Waals surface area (Å²) in [7, 11) is 1.62. The molecule has 2 aromatic rings. The third-order valence-corrected chi connectivity index (χ3v) is 2.91. The van der Waals surface area contributed by atoms with Crippen molar-refractivity contribution in [1.29, 1.82) is 0 Å². The quantitative estimate of drug-likeness (QED) is 0.785. The third kappa shape index (κ3) is 4.00. The lowest BCUT2D eigenvalue weighted by atomic mass is 10.2. The van der Waals surface area contributed by atoms with Gasteiger partial charge in [-0.3, -0.25) is 4.79 Å². The topological polar surface area (TPSA) is 90.1 Å². The van der Waals surface area contributed by atoms with Crippen LogP contribution in [0, 0.1) is 0 Å². The van der Waals surface area contributed by atoms with Crippen molar-refractivity contribution in [2.75, 3.05) is 26.0 Å². The van der Waals surface area contributed by atoms with Crippen molar-refractivity contribution < 1.29 is 9.53 Å². The van der Waals surface area contributed by atoms with Gasteiger partial charge in [-0.15, -0.1) is 0 Å². The van der Waals surface area contributed by atoms with Gasteiger partial charge in [0.15, 0.2) is 5.82 Å². The zero-order valence-electron chi connectivity index (χ0n) is 11.9. The summed E-state index contributed by atoms with van der Waals surface area (Å²) < 4.78 is 4.92. The predicted octanol–water partition coefficient (Wildman–Crippen LogP) is 1.49. The third-order valence-electron chi connectivity index (χ3n) is 2.91. The number of benzene rings is 1. The molecular formula is C15H18N4O2. The van der Waals surface area contributed by atoms with E-state index < -0.39 is 0 Å². The van der Waals surface area contributed by atoms with Crippen LogP contribution in [0.3, 0.4) is 0 Å². The van der Waals surface area contributed by atoms with E-state index in [4.69, 9.17) is 10.5 Å². The summed E-state index contributed by atoms with van der Waals surface area (Å²) in [5, 5.41) is 2.75. The Labute approximate surface area is 123 Å². The van der Waals surface area contributed by atoms with E-state index in [2.05, 4.69) is 15.3 Å². The Morgan fingerprint density at radius 2 is 2.10 bits per heavy atom. The Bertz CT molecular complexity index is 602. The van der Waals surface area contributed by atoms with Crippen LogP contribution in [0.25, 0.3) is 11.4 Å². The Kier molecular flexibility index (Phi) is 5.22. The molecule has 0 atom stereocenters. The molecule has 0 radical (unpaired) electrons. The van der Waals surface area contributed by atoms with Gasteiger partial charge in [-0.25, -0.2) is 9.97 Å². The number of carbonyl (C=O) groups excluding carboxylic acids is 1. The largest absolute Gasteiger partial charge is 0.385 e. The molecule has 0 fully saturated rings. The van der Waals surface area contributed by atoms with E-state index in [9.17, 15) is 4.79 Å². The van der Waals surface area contributed by atoms with E-state index in [1.54, 1.807) is 7.11 Å². The normalized spacial score (nSPS) is 10.3. The zero-order chi connectivity index (χ0) is 15.1. The van der Waals surface area contributed by atoms with Gasteiger partial charge in [-0.05, 0) is 6.42 Å². The molecule has 0 saturated carbocycles. The van der Waals surface area contributed by atoms with Gasteiger partial charge in [0.25, 0.3) is 5.91 Å². The van der Waals surface area contributed by atoms with E-state index >= 15 is 0 Å². The van der Waals surface area contributed by atoms with Gasteiger partial charge in [0.1, 0.15) is 5.82 Å². The number of anilines is 1. The molecule has 6 heteroatoms. The monoisotopic (exact) mass is 286 g/mol. The number of hydrogen-bond donors (Lipinski definition) is 2. The molecule has 0 aliphatic rings. The van der Waals surface area contributed by atoms with Gasteiger partial charge >= 0.3 is 0 Å².